The molecule has 0 aliphatic heterocycles. The van der Waals surface area contributed by atoms with Crippen LogP contribution in [0.3, 0.4) is 0 Å². The van der Waals surface area contributed by atoms with Crippen molar-refractivity contribution < 1.29 is 4.74 Å². The standard InChI is InChI=1S/C17H21BrN2O/c1-20(2)15-7-4-13(5-8-15)11-19-12-14-6-9-17(21-3)16(18)10-14/h4-10,19H,11-12H2,1-3H3. The topological polar surface area (TPSA) is 24.5 Å². The molecule has 0 spiro atoms. The minimum absolute atomic E-state index is 0.831. The number of benzene rings is 2. The van der Waals surface area contributed by atoms with E-state index < -0.39 is 0 Å². The van der Waals surface area contributed by atoms with Gasteiger partial charge in [-0.1, -0.05) is 18.2 Å². The van der Waals surface area contributed by atoms with Crippen molar-refractivity contribution in [3.05, 3.63) is 58.1 Å². The number of hydrogen-bond acceptors (Lipinski definition) is 3. The van der Waals surface area contributed by atoms with Crippen molar-refractivity contribution in [2.24, 2.45) is 0 Å². The van der Waals surface area contributed by atoms with Crippen LogP contribution in [-0.2, 0) is 13.1 Å². The first-order valence-electron chi connectivity index (χ1n) is 6.89. The molecule has 0 fully saturated rings. The zero-order chi connectivity index (χ0) is 15.2. The van der Waals surface area contributed by atoms with Crippen molar-refractivity contribution in [2.45, 2.75) is 13.1 Å². The predicted octanol–water partition coefficient (Wildman–Crippen LogP) is 3.81. The van der Waals surface area contributed by atoms with Crippen LogP contribution in [0.1, 0.15) is 11.1 Å². The molecule has 0 amide bonds. The minimum atomic E-state index is 0.831. The van der Waals surface area contributed by atoms with E-state index in [0.29, 0.717) is 0 Å². The first kappa shape index (κ1) is 15.9. The Morgan fingerprint density at radius 3 is 2.19 bits per heavy atom. The Morgan fingerprint density at radius 2 is 1.62 bits per heavy atom. The highest BCUT2D eigenvalue weighted by atomic mass is 79.9. The number of methoxy groups -OCH3 is 1. The molecule has 0 aliphatic carbocycles. The maximum absolute atomic E-state index is 5.23. The molecule has 21 heavy (non-hydrogen) atoms. The Kier molecular flexibility index (Phi) is 5.65. The SMILES string of the molecule is COc1ccc(CNCc2ccc(N(C)C)cc2)cc1Br. The van der Waals surface area contributed by atoms with Crippen LogP contribution in [-0.4, -0.2) is 21.2 Å². The van der Waals surface area contributed by atoms with Crippen molar-refractivity contribution >= 4 is 21.6 Å². The smallest absolute Gasteiger partial charge is 0.133 e. The maximum Gasteiger partial charge on any atom is 0.133 e. The highest BCUT2D eigenvalue weighted by Gasteiger charge is 2.01. The molecule has 0 heterocycles. The van der Waals surface area contributed by atoms with Gasteiger partial charge >= 0.3 is 0 Å². The number of hydrogen-bond donors (Lipinski definition) is 1. The normalized spacial score (nSPS) is 10.5. The van der Waals surface area contributed by atoms with Crippen molar-refractivity contribution in [3.8, 4) is 5.75 Å². The van der Waals surface area contributed by atoms with E-state index in [0.717, 1.165) is 23.3 Å². The van der Waals surface area contributed by atoms with Crippen molar-refractivity contribution in [1.29, 1.82) is 0 Å². The van der Waals surface area contributed by atoms with Gasteiger partial charge < -0.3 is 15.0 Å². The average Bonchev–Trinajstić information content (AvgIpc) is 2.48. The first-order chi connectivity index (χ1) is 10.1. The number of nitrogens with one attached hydrogen (secondary N) is 1. The molecule has 3 nitrogen and oxygen atoms in total. The Bertz CT molecular complexity index is 582. The van der Waals surface area contributed by atoms with Crippen molar-refractivity contribution in [1.82, 2.24) is 5.32 Å². The third kappa shape index (κ3) is 4.48. The third-order valence-corrected chi connectivity index (χ3v) is 3.95. The van der Waals surface area contributed by atoms with Crippen LogP contribution in [0.15, 0.2) is 46.9 Å². The maximum atomic E-state index is 5.23. The first-order valence-corrected chi connectivity index (χ1v) is 7.69. The molecule has 0 bridgehead atoms. The lowest BCUT2D eigenvalue weighted by atomic mass is 10.2. The van der Waals surface area contributed by atoms with E-state index >= 15 is 0 Å². The van der Waals surface area contributed by atoms with Crippen LogP contribution >= 0.6 is 15.9 Å². The van der Waals surface area contributed by atoms with Gasteiger partial charge in [-0.05, 0) is 51.3 Å². The molecular weight excluding hydrogens is 328 g/mol. The van der Waals surface area contributed by atoms with Gasteiger partial charge in [0, 0.05) is 32.9 Å². The lowest BCUT2D eigenvalue weighted by Gasteiger charge is -2.13. The van der Waals surface area contributed by atoms with Crippen LogP contribution in [0.2, 0.25) is 0 Å². The van der Waals surface area contributed by atoms with Gasteiger partial charge in [-0.15, -0.1) is 0 Å². The number of anilines is 1. The molecule has 2 aromatic carbocycles. The third-order valence-electron chi connectivity index (χ3n) is 3.33. The van der Waals surface area contributed by atoms with E-state index in [1.807, 2.05) is 6.07 Å². The molecule has 0 radical (unpaired) electrons. The van der Waals surface area contributed by atoms with Crippen molar-refractivity contribution in [3.63, 3.8) is 0 Å². The van der Waals surface area contributed by atoms with E-state index in [1.165, 1.54) is 16.8 Å². The zero-order valence-electron chi connectivity index (χ0n) is 12.7. The van der Waals surface area contributed by atoms with Gasteiger partial charge in [-0.3, -0.25) is 0 Å². The summed E-state index contributed by atoms with van der Waals surface area (Å²) in [5.74, 6) is 0.859. The molecule has 2 rings (SSSR count). The second-order valence-corrected chi connectivity index (χ2v) is 5.99. The minimum Gasteiger partial charge on any atom is -0.496 e. The summed E-state index contributed by atoms with van der Waals surface area (Å²) < 4.78 is 6.22. The summed E-state index contributed by atoms with van der Waals surface area (Å²) in [6.07, 6.45) is 0. The monoisotopic (exact) mass is 348 g/mol. The quantitative estimate of drug-likeness (QED) is 0.858. The molecule has 4 heteroatoms. The largest absolute Gasteiger partial charge is 0.496 e. The van der Waals surface area contributed by atoms with E-state index in [2.05, 4.69) is 76.6 Å². The highest BCUT2D eigenvalue weighted by Crippen LogP contribution is 2.25. The molecular formula is C17H21BrN2O. The van der Waals surface area contributed by atoms with Gasteiger partial charge in [0.2, 0.25) is 0 Å². The Hall–Kier alpha value is -1.52. The summed E-state index contributed by atoms with van der Waals surface area (Å²) in [6.45, 7) is 1.69. The van der Waals surface area contributed by atoms with E-state index in [-0.39, 0.29) is 0 Å². The summed E-state index contributed by atoms with van der Waals surface area (Å²) >= 11 is 3.51. The fourth-order valence-corrected chi connectivity index (χ4v) is 2.67. The van der Waals surface area contributed by atoms with Gasteiger partial charge in [-0.25, -0.2) is 0 Å². The van der Waals surface area contributed by atoms with Crippen molar-refractivity contribution in [2.75, 3.05) is 26.1 Å². The summed E-state index contributed by atoms with van der Waals surface area (Å²) in [5.41, 5.74) is 3.73. The summed E-state index contributed by atoms with van der Waals surface area (Å²) in [4.78, 5) is 2.10. The summed E-state index contributed by atoms with van der Waals surface area (Å²) in [6, 6.07) is 14.7. The molecule has 0 unspecified atom stereocenters. The van der Waals surface area contributed by atoms with E-state index in [9.17, 15) is 0 Å². The molecule has 112 valence electrons. The van der Waals surface area contributed by atoms with Gasteiger partial charge in [0.15, 0.2) is 0 Å². The Morgan fingerprint density at radius 1 is 1.00 bits per heavy atom. The average molecular weight is 349 g/mol. The molecule has 2 aromatic rings. The van der Waals surface area contributed by atoms with Gasteiger partial charge in [0.05, 0.1) is 11.6 Å². The summed E-state index contributed by atoms with van der Waals surface area (Å²) in [7, 11) is 5.78. The fourth-order valence-electron chi connectivity index (χ4n) is 2.08. The van der Waals surface area contributed by atoms with Crippen LogP contribution in [0.25, 0.3) is 0 Å². The van der Waals surface area contributed by atoms with Gasteiger partial charge in [-0.2, -0.15) is 0 Å². The number of rotatable bonds is 6. The van der Waals surface area contributed by atoms with Crippen LogP contribution in [0, 0.1) is 0 Å². The Labute approximate surface area is 135 Å². The number of ether oxygens (including phenoxy) is 1. The zero-order valence-corrected chi connectivity index (χ0v) is 14.3. The Balaban J connectivity index is 1.87. The molecule has 0 aromatic heterocycles. The molecule has 0 atom stereocenters. The fraction of sp³-hybridized carbons (Fsp3) is 0.294. The summed E-state index contributed by atoms with van der Waals surface area (Å²) in [5, 5.41) is 3.46. The highest BCUT2D eigenvalue weighted by molar-refractivity contribution is 9.10. The molecule has 0 saturated heterocycles. The van der Waals surface area contributed by atoms with Crippen LogP contribution < -0.4 is 15.0 Å². The second-order valence-electron chi connectivity index (χ2n) is 5.13. The number of nitrogens with zero attached hydrogens (tertiary/aromatic N) is 1. The molecule has 0 saturated carbocycles. The molecule has 1 N–H and O–H groups in total. The van der Waals surface area contributed by atoms with Gasteiger partial charge in [0.1, 0.15) is 5.75 Å². The lowest BCUT2D eigenvalue weighted by Crippen LogP contribution is -2.13. The number of halogens is 1. The predicted molar refractivity (Wildman–Crippen MR) is 92.0 cm³/mol. The van der Waals surface area contributed by atoms with Gasteiger partial charge in [0.25, 0.3) is 0 Å². The lowest BCUT2D eigenvalue weighted by molar-refractivity contribution is 0.412. The van der Waals surface area contributed by atoms with E-state index in [1.54, 1.807) is 7.11 Å². The molecule has 0 aliphatic rings. The van der Waals surface area contributed by atoms with E-state index in [4.69, 9.17) is 4.74 Å². The second kappa shape index (κ2) is 7.48. The van der Waals surface area contributed by atoms with Crippen LogP contribution in [0.4, 0.5) is 5.69 Å². The van der Waals surface area contributed by atoms with Crippen LogP contribution in [0.5, 0.6) is 5.75 Å².